The zero-order valence-corrected chi connectivity index (χ0v) is 13.8. The molecule has 22 heavy (non-hydrogen) atoms. The molecule has 0 saturated heterocycles. The van der Waals surface area contributed by atoms with Crippen molar-refractivity contribution in [1.29, 1.82) is 5.26 Å². The molecule has 5 nitrogen and oxygen atoms in total. The molecule has 3 rings (SSSR count). The van der Waals surface area contributed by atoms with Gasteiger partial charge in [0, 0.05) is 23.4 Å². The molecule has 1 saturated carbocycles. The SMILES string of the molecule is CC(C)(C)C1=CS/C(=C(\C#N)c2ccnc(NC3CC3)n2)N1. The molecule has 2 N–H and O–H groups in total. The van der Waals surface area contributed by atoms with Gasteiger partial charge in [-0.3, -0.25) is 0 Å². The lowest BCUT2D eigenvalue weighted by molar-refractivity contribution is 0.481. The lowest BCUT2D eigenvalue weighted by atomic mass is 9.93. The summed E-state index contributed by atoms with van der Waals surface area (Å²) < 4.78 is 0. The van der Waals surface area contributed by atoms with Gasteiger partial charge in [-0.2, -0.15) is 5.26 Å². The van der Waals surface area contributed by atoms with Gasteiger partial charge in [-0.1, -0.05) is 32.5 Å². The van der Waals surface area contributed by atoms with E-state index in [4.69, 9.17) is 0 Å². The number of hydrogen-bond acceptors (Lipinski definition) is 6. The average Bonchev–Trinajstić information content (AvgIpc) is 3.13. The fourth-order valence-corrected chi connectivity index (χ4v) is 3.07. The highest BCUT2D eigenvalue weighted by molar-refractivity contribution is 8.06. The van der Waals surface area contributed by atoms with Crippen LogP contribution in [-0.2, 0) is 0 Å². The molecule has 2 aliphatic rings. The standard InChI is InChI=1S/C16H19N5S/c1-16(2,3)13-9-22-14(21-13)11(8-17)12-6-7-18-15(20-12)19-10-4-5-10/h6-7,9-10,21H,4-5H2,1-3H3,(H,18,19,20)/b14-11+. The van der Waals surface area contributed by atoms with Crippen molar-refractivity contribution in [3.63, 3.8) is 0 Å². The largest absolute Gasteiger partial charge is 0.351 e. The van der Waals surface area contributed by atoms with Crippen molar-refractivity contribution >= 4 is 23.3 Å². The molecule has 1 aromatic rings. The van der Waals surface area contributed by atoms with Gasteiger partial charge in [0.1, 0.15) is 11.6 Å². The fraction of sp³-hybridized carbons (Fsp3) is 0.438. The maximum atomic E-state index is 9.55. The molecule has 1 fully saturated rings. The molecule has 2 heterocycles. The molecule has 0 atom stereocenters. The molecule has 0 aromatic carbocycles. The lowest BCUT2D eigenvalue weighted by Crippen LogP contribution is -2.20. The lowest BCUT2D eigenvalue weighted by Gasteiger charge is -2.20. The van der Waals surface area contributed by atoms with Gasteiger partial charge in [0.05, 0.1) is 10.7 Å². The normalized spacial score (nSPS) is 20.0. The van der Waals surface area contributed by atoms with Crippen LogP contribution in [0.3, 0.4) is 0 Å². The molecule has 114 valence electrons. The molecule has 0 radical (unpaired) electrons. The van der Waals surface area contributed by atoms with Crippen LogP contribution in [0.25, 0.3) is 5.57 Å². The van der Waals surface area contributed by atoms with Gasteiger partial charge < -0.3 is 10.6 Å². The maximum Gasteiger partial charge on any atom is 0.223 e. The molecule has 0 spiro atoms. The number of allylic oxidation sites excluding steroid dienone is 2. The Morgan fingerprint density at radius 1 is 1.45 bits per heavy atom. The Labute approximate surface area is 134 Å². The summed E-state index contributed by atoms with van der Waals surface area (Å²) in [5, 5.41) is 19.1. The van der Waals surface area contributed by atoms with E-state index in [9.17, 15) is 5.26 Å². The van der Waals surface area contributed by atoms with Crippen molar-refractivity contribution < 1.29 is 0 Å². The smallest absolute Gasteiger partial charge is 0.223 e. The summed E-state index contributed by atoms with van der Waals surface area (Å²) in [6.07, 6.45) is 4.02. The zero-order valence-electron chi connectivity index (χ0n) is 13.0. The number of anilines is 1. The third kappa shape index (κ3) is 3.25. The second kappa shape index (κ2) is 5.65. The first-order valence-electron chi connectivity index (χ1n) is 7.36. The number of thioether (sulfide) groups is 1. The summed E-state index contributed by atoms with van der Waals surface area (Å²) in [5.74, 6) is 0.598. The van der Waals surface area contributed by atoms with Crippen LogP contribution in [0.1, 0.15) is 39.3 Å². The van der Waals surface area contributed by atoms with Gasteiger partial charge in [0.15, 0.2) is 0 Å². The molecule has 0 bridgehead atoms. The van der Waals surface area contributed by atoms with Crippen molar-refractivity contribution in [3.05, 3.63) is 34.1 Å². The fourth-order valence-electron chi connectivity index (χ4n) is 1.99. The van der Waals surface area contributed by atoms with Crippen LogP contribution < -0.4 is 10.6 Å². The first kappa shape index (κ1) is 14.9. The van der Waals surface area contributed by atoms with E-state index in [0.29, 0.717) is 23.3 Å². The second-order valence-corrected chi connectivity index (χ2v) is 7.40. The predicted octanol–water partition coefficient (Wildman–Crippen LogP) is 3.47. The van der Waals surface area contributed by atoms with Crippen LogP contribution in [-0.4, -0.2) is 16.0 Å². The summed E-state index contributed by atoms with van der Waals surface area (Å²) in [6.45, 7) is 6.43. The van der Waals surface area contributed by atoms with Gasteiger partial charge in [-0.05, 0) is 24.3 Å². The van der Waals surface area contributed by atoms with Crippen LogP contribution in [0.5, 0.6) is 0 Å². The van der Waals surface area contributed by atoms with E-state index in [1.54, 1.807) is 24.0 Å². The number of nitrogens with one attached hydrogen (secondary N) is 2. The maximum absolute atomic E-state index is 9.55. The van der Waals surface area contributed by atoms with Crippen LogP contribution in [0.15, 0.2) is 28.4 Å². The second-order valence-electron chi connectivity index (χ2n) is 6.52. The van der Waals surface area contributed by atoms with Crippen LogP contribution in [0.4, 0.5) is 5.95 Å². The average molecular weight is 313 g/mol. The highest BCUT2D eigenvalue weighted by Gasteiger charge is 2.25. The van der Waals surface area contributed by atoms with E-state index in [2.05, 4.69) is 52.9 Å². The molecule has 1 aliphatic heterocycles. The van der Waals surface area contributed by atoms with Gasteiger partial charge in [-0.15, -0.1) is 0 Å². The first-order chi connectivity index (χ1) is 10.5. The monoisotopic (exact) mass is 313 g/mol. The number of aromatic nitrogens is 2. The minimum Gasteiger partial charge on any atom is -0.351 e. The van der Waals surface area contributed by atoms with E-state index < -0.39 is 0 Å². The van der Waals surface area contributed by atoms with E-state index in [-0.39, 0.29) is 5.41 Å². The molecular formula is C16H19N5S. The Hall–Kier alpha value is -2.00. The Balaban J connectivity index is 1.86. The Morgan fingerprint density at radius 2 is 2.23 bits per heavy atom. The van der Waals surface area contributed by atoms with Crippen molar-refractivity contribution in [2.45, 2.75) is 39.7 Å². The van der Waals surface area contributed by atoms with Crippen molar-refractivity contribution in [3.8, 4) is 6.07 Å². The zero-order chi connectivity index (χ0) is 15.7. The minimum atomic E-state index is 0.0275. The van der Waals surface area contributed by atoms with Crippen molar-refractivity contribution in [2.24, 2.45) is 5.41 Å². The number of nitriles is 1. The summed E-state index contributed by atoms with van der Waals surface area (Å²) in [7, 11) is 0. The van der Waals surface area contributed by atoms with E-state index >= 15 is 0 Å². The summed E-state index contributed by atoms with van der Waals surface area (Å²) in [5.41, 5.74) is 2.35. The minimum absolute atomic E-state index is 0.0275. The quantitative estimate of drug-likeness (QED) is 0.832. The summed E-state index contributed by atoms with van der Waals surface area (Å²) in [6, 6.07) is 4.54. The van der Waals surface area contributed by atoms with Gasteiger partial charge in [-0.25, -0.2) is 9.97 Å². The molecule has 6 heteroatoms. The molecule has 1 aromatic heterocycles. The summed E-state index contributed by atoms with van der Waals surface area (Å²) >= 11 is 1.54. The van der Waals surface area contributed by atoms with E-state index in [1.165, 1.54) is 0 Å². The van der Waals surface area contributed by atoms with Crippen LogP contribution in [0, 0.1) is 16.7 Å². The van der Waals surface area contributed by atoms with Crippen LogP contribution in [0.2, 0.25) is 0 Å². The van der Waals surface area contributed by atoms with E-state index in [1.807, 2.05) is 0 Å². The van der Waals surface area contributed by atoms with Gasteiger partial charge in [0.25, 0.3) is 0 Å². The van der Waals surface area contributed by atoms with Crippen LogP contribution >= 0.6 is 11.8 Å². The first-order valence-corrected chi connectivity index (χ1v) is 8.24. The Bertz CT molecular complexity index is 689. The van der Waals surface area contributed by atoms with Crippen molar-refractivity contribution in [2.75, 3.05) is 5.32 Å². The molecule has 0 amide bonds. The number of hydrogen-bond donors (Lipinski definition) is 2. The van der Waals surface area contributed by atoms with Gasteiger partial charge >= 0.3 is 0 Å². The third-order valence-corrected chi connectivity index (χ3v) is 4.41. The number of rotatable bonds is 3. The molecular weight excluding hydrogens is 294 g/mol. The molecule has 0 unspecified atom stereocenters. The Kier molecular flexibility index (Phi) is 3.83. The van der Waals surface area contributed by atoms with E-state index in [0.717, 1.165) is 23.6 Å². The third-order valence-electron chi connectivity index (χ3n) is 3.51. The topological polar surface area (TPSA) is 73.6 Å². The highest BCUT2D eigenvalue weighted by atomic mass is 32.2. The number of nitrogens with zero attached hydrogens (tertiary/aromatic N) is 3. The predicted molar refractivity (Wildman–Crippen MR) is 89.5 cm³/mol. The molecule has 1 aliphatic carbocycles. The van der Waals surface area contributed by atoms with Gasteiger partial charge in [0.2, 0.25) is 5.95 Å². The Morgan fingerprint density at radius 3 is 2.82 bits per heavy atom. The highest BCUT2D eigenvalue weighted by Crippen LogP contribution is 2.37. The van der Waals surface area contributed by atoms with Crippen molar-refractivity contribution in [1.82, 2.24) is 15.3 Å². The summed E-state index contributed by atoms with van der Waals surface area (Å²) in [4.78, 5) is 8.70.